The summed E-state index contributed by atoms with van der Waals surface area (Å²) in [6, 6.07) is 2.65. The monoisotopic (exact) mass is 230 g/mol. The second kappa shape index (κ2) is 3.35. The molecule has 0 bridgehead atoms. The van der Waals surface area contributed by atoms with Crippen LogP contribution in [-0.2, 0) is 0 Å². The van der Waals surface area contributed by atoms with Crippen LogP contribution in [0.4, 0.5) is 4.39 Å². The van der Waals surface area contributed by atoms with E-state index in [1.54, 1.807) is 0 Å². The van der Waals surface area contributed by atoms with Gasteiger partial charge < -0.3 is 9.84 Å². The zero-order valence-electron chi connectivity index (χ0n) is 8.55. The number of halogens is 2. The quantitative estimate of drug-likeness (QED) is 0.743. The zero-order chi connectivity index (χ0) is 11.2. The molecule has 0 saturated carbocycles. The van der Waals surface area contributed by atoms with Crippen LogP contribution in [0.1, 0.15) is 25.5 Å². The average Bonchev–Trinajstić information content (AvgIpc) is 2.16. The summed E-state index contributed by atoms with van der Waals surface area (Å²) in [5.74, 6) is -0.147. The molecule has 1 aliphatic heterocycles. The first kappa shape index (κ1) is 10.7. The summed E-state index contributed by atoms with van der Waals surface area (Å²) in [5, 5.41) is 10.1. The smallest absolute Gasteiger partial charge is 0.145 e. The highest BCUT2D eigenvalue weighted by atomic mass is 35.5. The van der Waals surface area contributed by atoms with E-state index in [4.69, 9.17) is 16.3 Å². The van der Waals surface area contributed by atoms with Gasteiger partial charge in [0.05, 0.1) is 17.7 Å². The first-order chi connectivity index (χ1) is 6.92. The normalized spacial score (nSPS) is 23.1. The summed E-state index contributed by atoms with van der Waals surface area (Å²) >= 11 is 5.66. The standard InChI is InChI=1S/C11H12ClFO2/c1-11(2)5-15-9-4-8(13)7(12)3-6(9)10(11)14/h3-4,10,14H,5H2,1-2H3. The van der Waals surface area contributed by atoms with E-state index >= 15 is 0 Å². The Morgan fingerprint density at radius 1 is 1.53 bits per heavy atom. The Kier molecular flexibility index (Phi) is 2.40. The molecule has 1 unspecified atom stereocenters. The van der Waals surface area contributed by atoms with Gasteiger partial charge in [-0.15, -0.1) is 0 Å². The molecule has 1 heterocycles. The molecule has 82 valence electrons. The fourth-order valence-corrected chi connectivity index (χ4v) is 1.82. The van der Waals surface area contributed by atoms with Gasteiger partial charge in [0.2, 0.25) is 0 Å². The number of aliphatic hydroxyl groups is 1. The number of aliphatic hydroxyl groups excluding tert-OH is 1. The van der Waals surface area contributed by atoms with E-state index in [1.165, 1.54) is 12.1 Å². The van der Waals surface area contributed by atoms with E-state index < -0.39 is 11.9 Å². The van der Waals surface area contributed by atoms with E-state index in [0.29, 0.717) is 17.9 Å². The molecule has 2 nitrogen and oxygen atoms in total. The van der Waals surface area contributed by atoms with Crippen LogP contribution >= 0.6 is 11.6 Å². The van der Waals surface area contributed by atoms with E-state index in [0.717, 1.165) is 0 Å². The molecule has 4 heteroatoms. The summed E-state index contributed by atoms with van der Waals surface area (Å²) < 4.78 is 18.5. The first-order valence-corrected chi connectivity index (χ1v) is 5.09. The van der Waals surface area contributed by atoms with Gasteiger partial charge in [-0.2, -0.15) is 0 Å². The van der Waals surface area contributed by atoms with E-state index in [1.807, 2.05) is 13.8 Å². The minimum atomic E-state index is -0.681. The average molecular weight is 231 g/mol. The molecular formula is C11H12ClFO2. The minimum absolute atomic E-state index is 0.00843. The molecule has 1 atom stereocenters. The van der Waals surface area contributed by atoms with Gasteiger partial charge in [0.15, 0.2) is 0 Å². The number of ether oxygens (including phenoxy) is 1. The maximum Gasteiger partial charge on any atom is 0.145 e. The molecule has 0 spiro atoms. The first-order valence-electron chi connectivity index (χ1n) is 4.71. The molecule has 0 aromatic heterocycles. The van der Waals surface area contributed by atoms with E-state index in [2.05, 4.69) is 0 Å². The maximum atomic E-state index is 13.1. The molecule has 0 saturated heterocycles. The van der Waals surface area contributed by atoms with Crippen molar-refractivity contribution >= 4 is 11.6 Å². The van der Waals surface area contributed by atoms with Gasteiger partial charge in [-0.25, -0.2) is 4.39 Å². The van der Waals surface area contributed by atoms with Crippen molar-refractivity contribution < 1.29 is 14.2 Å². The molecule has 0 fully saturated rings. The van der Waals surface area contributed by atoms with Crippen LogP contribution in [0, 0.1) is 11.2 Å². The number of benzene rings is 1. The third-order valence-corrected chi connectivity index (χ3v) is 2.98. The molecule has 1 aliphatic rings. The lowest BCUT2D eigenvalue weighted by atomic mass is 9.81. The van der Waals surface area contributed by atoms with Gasteiger partial charge in [-0.3, -0.25) is 0 Å². The molecule has 1 N–H and O–H groups in total. The summed E-state index contributed by atoms with van der Waals surface area (Å²) in [5.41, 5.74) is 0.173. The summed E-state index contributed by atoms with van der Waals surface area (Å²) in [6.07, 6.45) is -0.681. The highest BCUT2D eigenvalue weighted by Crippen LogP contribution is 2.43. The zero-order valence-corrected chi connectivity index (χ0v) is 9.31. The molecule has 15 heavy (non-hydrogen) atoms. The van der Waals surface area contributed by atoms with Crippen molar-refractivity contribution in [3.05, 3.63) is 28.5 Å². The molecule has 0 radical (unpaired) electrons. The molecular weight excluding hydrogens is 219 g/mol. The van der Waals surface area contributed by atoms with Gasteiger partial charge in [0, 0.05) is 17.0 Å². The lowest BCUT2D eigenvalue weighted by molar-refractivity contribution is -0.00738. The summed E-state index contributed by atoms with van der Waals surface area (Å²) in [4.78, 5) is 0. The van der Waals surface area contributed by atoms with Crippen LogP contribution < -0.4 is 4.74 Å². The Hall–Kier alpha value is -0.800. The Labute approximate surface area is 92.6 Å². The van der Waals surface area contributed by atoms with Crippen LogP contribution in [0.5, 0.6) is 5.75 Å². The minimum Gasteiger partial charge on any atom is -0.492 e. The fraction of sp³-hybridized carbons (Fsp3) is 0.455. The summed E-state index contributed by atoms with van der Waals surface area (Å²) in [6.45, 7) is 4.14. The van der Waals surface area contributed by atoms with Crippen molar-refractivity contribution in [3.8, 4) is 5.75 Å². The highest BCUT2D eigenvalue weighted by molar-refractivity contribution is 6.30. The van der Waals surface area contributed by atoms with Crippen molar-refractivity contribution in [1.29, 1.82) is 0 Å². The van der Waals surface area contributed by atoms with Crippen LogP contribution in [0.3, 0.4) is 0 Å². The number of hydrogen-bond donors (Lipinski definition) is 1. The van der Waals surface area contributed by atoms with E-state index in [9.17, 15) is 9.50 Å². The van der Waals surface area contributed by atoms with Crippen molar-refractivity contribution in [2.24, 2.45) is 5.41 Å². The van der Waals surface area contributed by atoms with Crippen LogP contribution in [-0.4, -0.2) is 11.7 Å². The second-order valence-electron chi connectivity index (χ2n) is 4.48. The lowest BCUT2D eigenvalue weighted by Crippen LogP contribution is -2.33. The van der Waals surface area contributed by atoms with Gasteiger partial charge in [-0.05, 0) is 6.07 Å². The number of hydrogen-bond acceptors (Lipinski definition) is 2. The Morgan fingerprint density at radius 2 is 2.20 bits per heavy atom. The van der Waals surface area contributed by atoms with Crippen molar-refractivity contribution in [2.45, 2.75) is 20.0 Å². The second-order valence-corrected chi connectivity index (χ2v) is 4.89. The Morgan fingerprint density at radius 3 is 2.87 bits per heavy atom. The third kappa shape index (κ3) is 1.70. The van der Waals surface area contributed by atoms with Gasteiger partial charge in [0.1, 0.15) is 11.6 Å². The van der Waals surface area contributed by atoms with Crippen LogP contribution in [0.25, 0.3) is 0 Å². The highest BCUT2D eigenvalue weighted by Gasteiger charge is 2.36. The molecule has 0 amide bonds. The Balaban J connectivity index is 2.52. The van der Waals surface area contributed by atoms with Crippen molar-refractivity contribution in [2.75, 3.05) is 6.61 Å². The predicted molar refractivity (Wildman–Crippen MR) is 55.6 cm³/mol. The molecule has 1 aromatic carbocycles. The van der Waals surface area contributed by atoms with Crippen molar-refractivity contribution in [3.63, 3.8) is 0 Å². The summed E-state index contributed by atoms with van der Waals surface area (Å²) in [7, 11) is 0. The van der Waals surface area contributed by atoms with Crippen molar-refractivity contribution in [1.82, 2.24) is 0 Å². The molecule has 2 rings (SSSR count). The topological polar surface area (TPSA) is 29.5 Å². The predicted octanol–water partition coefficient (Wildman–Crippen LogP) is 2.93. The lowest BCUT2D eigenvalue weighted by Gasteiger charge is -2.36. The Bertz CT molecular complexity index is 404. The largest absolute Gasteiger partial charge is 0.492 e. The number of rotatable bonds is 0. The van der Waals surface area contributed by atoms with Gasteiger partial charge >= 0.3 is 0 Å². The molecule has 1 aromatic rings. The fourth-order valence-electron chi connectivity index (χ4n) is 1.65. The molecule has 0 aliphatic carbocycles. The van der Waals surface area contributed by atoms with Gasteiger partial charge in [0.25, 0.3) is 0 Å². The third-order valence-electron chi connectivity index (χ3n) is 2.69. The van der Waals surface area contributed by atoms with E-state index in [-0.39, 0.29) is 10.4 Å². The van der Waals surface area contributed by atoms with Crippen LogP contribution in [0.15, 0.2) is 12.1 Å². The van der Waals surface area contributed by atoms with Gasteiger partial charge in [-0.1, -0.05) is 25.4 Å². The maximum absolute atomic E-state index is 13.1. The SMILES string of the molecule is CC1(C)COc2cc(F)c(Cl)cc2C1O. The number of fused-ring (bicyclic) bond motifs is 1. The van der Waals surface area contributed by atoms with Crippen LogP contribution in [0.2, 0.25) is 5.02 Å².